The summed E-state index contributed by atoms with van der Waals surface area (Å²) >= 11 is 6.46. The van der Waals surface area contributed by atoms with Crippen molar-refractivity contribution < 1.29 is 0 Å². The van der Waals surface area contributed by atoms with Crippen LogP contribution < -0.4 is 0 Å². The molecule has 0 aliphatic carbocycles. The fourth-order valence-corrected chi connectivity index (χ4v) is 2.43. The highest BCUT2D eigenvalue weighted by Crippen LogP contribution is 2.19. The Morgan fingerprint density at radius 3 is 2.80 bits per heavy atom. The Morgan fingerprint density at radius 2 is 2.40 bits per heavy atom. The summed E-state index contributed by atoms with van der Waals surface area (Å²) in [6.07, 6.45) is 0. The fraction of sp³-hybridized carbons (Fsp3) is 1.00. The number of thiol groups is 1. The summed E-state index contributed by atoms with van der Waals surface area (Å²) in [6, 6.07) is 0. The summed E-state index contributed by atoms with van der Waals surface area (Å²) in [7, 11) is 0. The molecule has 0 amide bonds. The summed E-state index contributed by atoms with van der Waals surface area (Å²) in [4.78, 5) is 2.42. The van der Waals surface area contributed by atoms with Crippen molar-refractivity contribution in [3.05, 3.63) is 0 Å². The van der Waals surface area contributed by atoms with Crippen molar-refractivity contribution in [1.82, 2.24) is 4.90 Å². The molecule has 1 saturated heterocycles. The lowest BCUT2D eigenvalue weighted by Gasteiger charge is -2.32. The molecule has 0 aromatic carbocycles. The lowest BCUT2D eigenvalue weighted by Crippen LogP contribution is -2.40. The first-order valence-electron chi connectivity index (χ1n) is 3.74. The summed E-state index contributed by atoms with van der Waals surface area (Å²) in [5.41, 5.74) is 0. The Hall–Kier alpha value is 0.660. The van der Waals surface area contributed by atoms with Crippen LogP contribution >= 0.6 is 24.4 Å². The zero-order chi connectivity index (χ0) is 7.56. The SMILES string of the molecule is CC1CN(C(C)S)CCS1. The normalized spacial score (nSPS) is 32.1. The Bertz CT molecular complexity index is 106. The molecule has 10 heavy (non-hydrogen) atoms. The molecule has 3 heteroatoms. The minimum atomic E-state index is 0.434. The Balaban J connectivity index is 2.32. The van der Waals surface area contributed by atoms with Gasteiger partial charge in [-0.1, -0.05) is 6.92 Å². The smallest absolute Gasteiger partial charge is 0.0500 e. The summed E-state index contributed by atoms with van der Waals surface area (Å²) < 4.78 is 0. The van der Waals surface area contributed by atoms with E-state index in [9.17, 15) is 0 Å². The molecule has 1 aliphatic rings. The van der Waals surface area contributed by atoms with Gasteiger partial charge < -0.3 is 0 Å². The minimum Gasteiger partial charge on any atom is -0.290 e. The molecule has 0 bridgehead atoms. The van der Waals surface area contributed by atoms with Crippen LogP contribution in [0, 0.1) is 0 Å². The van der Waals surface area contributed by atoms with Gasteiger partial charge in [0.1, 0.15) is 0 Å². The summed E-state index contributed by atoms with van der Waals surface area (Å²) in [6.45, 7) is 6.84. The molecule has 2 atom stereocenters. The third-order valence-corrected chi connectivity index (χ3v) is 3.26. The predicted octanol–water partition coefficient (Wildman–Crippen LogP) is 1.70. The van der Waals surface area contributed by atoms with Crippen molar-refractivity contribution in [2.24, 2.45) is 0 Å². The molecule has 1 heterocycles. The van der Waals surface area contributed by atoms with Crippen LogP contribution in [0.2, 0.25) is 0 Å². The van der Waals surface area contributed by atoms with Crippen LogP contribution in [-0.4, -0.2) is 34.4 Å². The van der Waals surface area contributed by atoms with Crippen molar-refractivity contribution in [1.29, 1.82) is 0 Å². The first-order chi connectivity index (χ1) is 4.70. The number of hydrogen-bond donors (Lipinski definition) is 1. The van der Waals surface area contributed by atoms with Gasteiger partial charge in [-0.15, -0.1) is 0 Å². The van der Waals surface area contributed by atoms with Crippen LogP contribution in [0.5, 0.6) is 0 Å². The van der Waals surface area contributed by atoms with Crippen molar-refractivity contribution in [2.45, 2.75) is 24.5 Å². The van der Waals surface area contributed by atoms with E-state index in [0.29, 0.717) is 5.37 Å². The van der Waals surface area contributed by atoms with Gasteiger partial charge in [0.05, 0.1) is 0 Å². The van der Waals surface area contributed by atoms with Crippen LogP contribution in [0.15, 0.2) is 0 Å². The van der Waals surface area contributed by atoms with Crippen molar-refractivity contribution in [2.75, 3.05) is 18.8 Å². The quantitative estimate of drug-likeness (QED) is 0.607. The van der Waals surface area contributed by atoms with Gasteiger partial charge in [-0.3, -0.25) is 4.90 Å². The van der Waals surface area contributed by atoms with Gasteiger partial charge in [-0.2, -0.15) is 24.4 Å². The van der Waals surface area contributed by atoms with Gasteiger partial charge in [-0.05, 0) is 6.92 Å². The number of hydrogen-bond acceptors (Lipinski definition) is 3. The fourth-order valence-electron chi connectivity index (χ4n) is 1.18. The molecule has 0 radical (unpaired) electrons. The van der Waals surface area contributed by atoms with Crippen LogP contribution in [0.3, 0.4) is 0 Å². The molecule has 0 N–H and O–H groups in total. The maximum absolute atomic E-state index is 4.40. The number of nitrogens with zero attached hydrogens (tertiary/aromatic N) is 1. The topological polar surface area (TPSA) is 3.24 Å². The standard InChI is InChI=1S/C7H15NS2/c1-6-5-8(7(2)9)3-4-10-6/h6-7,9H,3-5H2,1-2H3. The first kappa shape index (κ1) is 8.75. The van der Waals surface area contributed by atoms with E-state index < -0.39 is 0 Å². The average molecular weight is 177 g/mol. The Labute approximate surface area is 73.0 Å². The lowest BCUT2D eigenvalue weighted by molar-refractivity contribution is 0.281. The van der Waals surface area contributed by atoms with Crippen molar-refractivity contribution in [3.63, 3.8) is 0 Å². The molecule has 2 unspecified atom stereocenters. The molecule has 1 rings (SSSR count). The lowest BCUT2D eigenvalue weighted by atomic mass is 10.4. The summed E-state index contributed by atoms with van der Waals surface area (Å²) in [5.74, 6) is 1.27. The highest BCUT2D eigenvalue weighted by Gasteiger charge is 2.18. The van der Waals surface area contributed by atoms with Crippen LogP contribution in [0.1, 0.15) is 13.8 Å². The van der Waals surface area contributed by atoms with E-state index in [1.807, 2.05) is 0 Å². The average Bonchev–Trinajstić information content (AvgIpc) is 1.88. The highest BCUT2D eigenvalue weighted by molar-refractivity contribution is 8.00. The summed E-state index contributed by atoms with van der Waals surface area (Å²) in [5, 5.41) is 1.23. The van der Waals surface area contributed by atoms with E-state index in [2.05, 4.69) is 43.1 Å². The van der Waals surface area contributed by atoms with Gasteiger partial charge in [0.2, 0.25) is 0 Å². The molecule has 1 fully saturated rings. The molecule has 0 saturated carbocycles. The number of thioether (sulfide) groups is 1. The third kappa shape index (κ3) is 2.36. The van der Waals surface area contributed by atoms with Crippen molar-refractivity contribution >= 4 is 24.4 Å². The number of rotatable bonds is 1. The first-order valence-corrected chi connectivity index (χ1v) is 5.30. The van der Waals surface area contributed by atoms with E-state index in [1.165, 1.54) is 18.8 Å². The molecule has 60 valence electrons. The van der Waals surface area contributed by atoms with E-state index >= 15 is 0 Å². The molecule has 0 aromatic rings. The van der Waals surface area contributed by atoms with Crippen LogP contribution in [-0.2, 0) is 0 Å². The molecule has 1 nitrogen and oxygen atoms in total. The molecular weight excluding hydrogens is 162 g/mol. The van der Waals surface area contributed by atoms with Gasteiger partial charge in [0.15, 0.2) is 0 Å². The Kier molecular flexibility index (Phi) is 3.40. The predicted molar refractivity (Wildman–Crippen MR) is 51.9 cm³/mol. The van der Waals surface area contributed by atoms with E-state index in [-0.39, 0.29) is 0 Å². The zero-order valence-corrected chi connectivity index (χ0v) is 8.29. The molecular formula is C7H15NS2. The van der Waals surface area contributed by atoms with Gasteiger partial charge >= 0.3 is 0 Å². The maximum atomic E-state index is 4.40. The largest absolute Gasteiger partial charge is 0.290 e. The van der Waals surface area contributed by atoms with Gasteiger partial charge in [-0.25, -0.2) is 0 Å². The Morgan fingerprint density at radius 1 is 1.70 bits per heavy atom. The van der Waals surface area contributed by atoms with Gasteiger partial charge in [0, 0.05) is 29.5 Å². The third-order valence-electron chi connectivity index (χ3n) is 1.80. The van der Waals surface area contributed by atoms with Crippen LogP contribution in [0.4, 0.5) is 0 Å². The maximum Gasteiger partial charge on any atom is 0.0500 e. The van der Waals surface area contributed by atoms with Crippen molar-refractivity contribution in [3.8, 4) is 0 Å². The minimum absolute atomic E-state index is 0.434. The van der Waals surface area contributed by atoms with Gasteiger partial charge in [0.25, 0.3) is 0 Å². The van der Waals surface area contributed by atoms with Crippen LogP contribution in [0.25, 0.3) is 0 Å². The van der Waals surface area contributed by atoms with E-state index in [1.54, 1.807) is 0 Å². The second-order valence-electron chi connectivity index (χ2n) is 2.81. The molecule has 0 spiro atoms. The second-order valence-corrected chi connectivity index (χ2v) is 5.10. The molecule has 1 aliphatic heterocycles. The molecule has 0 aromatic heterocycles. The van der Waals surface area contributed by atoms with E-state index in [0.717, 1.165) is 5.25 Å². The van der Waals surface area contributed by atoms with E-state index in [4.69, 9.17) is 0 Å². The highest BCUT2D eigenvalue weighted by atomic mass is 32.2. The monoisotopic (exact) mass is 177 g/mol. The second kappa shape index (κ2) is 3.88. The zero-order valence-electron chi connectivity index (χ0n) is 6.58.